The normalized spacial score (nSPS) is 18.4. The smallest absolute Gasteiger partial charge is 0.246 e. The van der Waals surface area contributed by atoms with E-state index in [0.29, 0.717) is 13.0 Å². The van der Waals surface area contributed by atoms with Crippen LogP contribution in [0.25, 0.3) is 0 Å². The van der Waals surface area contributed by atoms with Crippen molar-refractivity contribution < 1.29 is 9.63 Å². The van der Waals surface area contributed by atoms with Gasteiger partial charge in [0, 0.05) is 13.0 Å². The van der Waals surface area contributed by atoms with Gasteiger partial charge in [0.15, 0.2) is 0 Å². The van der Waals surface area contributed by atoms with Crippen molar-refractivity contribution in [1.29, 1.82) is 0 Å². The molecule has 4 heteroatoms. The van der Waals surface area contributed by atoms with Gasteiger partial charge in [0.2, 0.25) is 5.91 Å². The van der Waals surface area contributed by atoms with Crippen LogP contribution in [0.1, 0.15) is 19.3 Å². The number of nitrogens with zero attached hydrogens (tertiary/aromatic N) is 2. The van der Waals surface area contributed by atoms with Crippen molar-refractivity contribution in [2.75, 3.05) is 33.8 Å². The Kier molecular flexibility index (Phi) is 4.18. The van der Waals surface area contributed by atoms with Crippen LogP contribution >= 0.6 is 0 Å². The number of carbonyl (C=O) groups is 1. The van der Waals surface area contributed by atoms with Crippen molar-refractivity contribution in [3.8, 4) is 0 Å². The van der Waals surface area contributed by atoms with Gasteiger partial charge in [0.05, 0.1) is 6.61 Å². The Morgan fingerprint density at radius 3 is 2.92 bits per heavy atom. The maximum atomic E-state index is 11.3. The molecule has 0 saturated carbocycles. The van der Waals surface area contributed by atoms with Crippen molar-refractivity contribution in [2.45, 2.75) is 19.3 Å². The molecule has 0 unspecified atom stereocenters. The third-order valence-corrected chi connectivity index (χ3v) is 2.03. The highest BCUT2D eigenvalue weighted by molar-refractivity contribution is 5.75. The molecule has 0 aromatic carbocycles. The first kappa shape index (κ1) is 10.5. The van der Waals surface area contributed by atoms with Crippen LogP contribution in [-0.2, 0) is 9.63 Å². The minimum absolute atomic E-state index is 0.130. The number of hydroxylamine groups is 2. The lowest BCUT2D eigenvalue weighted by molar-refractivity contribution is -0.198. The number of rotatable bonds is 4. The predicted octanol–water partition coefficient (Wildman–Crippen LogP) is 0.492. The summed E-state index contributed by atoms with van der Waals surface area (Å²) in [7, 11) is 4.05. The highest BCUT2D eigenvalue weighted by Crippen LogP contribution is 2.07. The lowest BCUT2D eigenvalue weighted by atomic mass is 10.2. The van der Waals surface area contributed by atoms with E-state index in [4.69, 9.17) is 4.84 Å². The summed E-state index contributed by atoms with van der Waals surface area (Å²) >= 11 is 0. The van der Waals surface area contributed by atoms with Crippen LogP contribution in [0.3, 0.4) is 0 Å². The standard InChI is InChI=1S/C9H18N2O2/c1-10(2)6-4-7-11-9(12)5-3-8-13-11/h3-8H2,1-2H3. The summed E-state index contributed by atoms with van der Waals surface area (Å²) < 4.78 is 0. The Bertz CT molecular complexity index is 171. The second-order valence-electron chi connectivity index (χ2n) is 3.59. The fraction of sp³-hybridized carbons (Fsp3) is 0.889. The molecule has 1 rings (SSSR count). The molecule has 4 nitrogen and oxygen atoms in total. The van der Waals surface area contributed by atoms with Gasteiger partial charge in [-0.15, -0.1) is 0 Å². The zero-order valence-corrected chi connectivity index (χ0v) is 8.45. The molecule has 76 valence electrons. The van der Waals surface area contributed by atoms with Crippen molar-refractivity contribution in [1.82, 2.24) is 9.96 Å². The molecule has 0 N–H and O–H groups in total. The van der Waals surface area contributed by atoms with Crippen LogP contribution in [0.2, 0.25) is 0 Å². The van der Waals surface area contributed by atoms with Gasteiger partial charge in [-0.2, -0.15) is 0 Å². The minimum Gasteiger partial charge on any atom is -0.309 e. The topological polar surface area (TPSA) is 32.8 Å². The van der Waals surface area contributed by atoms with Crippen molar-refractivity contribution >= 4 is 5.91 Å². The summed E-state index contributed by atoms with van der Waals surface area (Å²) in [6.07, 6.45) is 2.48. The first-order valence-electron chi connectivity index (χ1n) is 4.78. The van der Waals surface area contributed by atoms with Crippen molar-refractivity contribution in [3.63, 3.8) is 0 Å². The largest absolute Gasteiger partial charge is 0.309 e. The molecule has 1 heterocycles. The number of hydrogen-bond acceptors (Lipinski definition) is 3. The molecule has 1 aliphatic heterocycles. The average molecular weight is 186 g/mol. The Morgan fingerprint density at radius 1 is 1.54 bits per heavy atom. The summed E-state index contributed by atoms with van der Waals surface area (Å²) in [5, 5.41) is 1.51. The Morgan fingerprint density at radius 2 is 2.31 bits per heavy atom. The van der Waals surface area contributed by atoms with E-state index in [0.717, 1.165) is 25.9 Å². The van der Waals surface area contributed by atoms with Gasteiger partial charge in [-0.1, -0.05) is 0 Å². The molecule has 0 atom stereocenters. The van der Waals surface area contributed by atoms with Crippen LogP contribution < -0.4 is 0 Å². The van der Waals surface area contributed by atoms with Gasteiger partial charge in [0.25, 0.3) is 0 Å². The first-order chi connectivity index (χ1) is 6.20. The van der Waals surface area contributed by atoms with Gasteiger partial charge in [-0.3, -0.25) is 9.63 Å². The third-order valence-electron chi connectivity index (χ3n) is 2.03. The summed E-state index contributed by atoms with van der Waals surface area (Å²) in [4.78, 5) is 18.6. The molecular formula is C9H18N2O2. The summed E-state index contributed by atoms with van der Waals surface area (Å²) in [5.41, 5.74) is 0. The van der Waals surface area contributed by atoms with Crippen molar-refractivity contribution in [2.24, 2.45) is 0 Å². The Balaban J connectivity index is 2.15. The van der Waals surface area contributed by atoms with E-state index >= 15 is 0 Å². The van der Waals surface area contributed by atoms with E-state index in [2.05, 4.69) is 4.90 Å². The van der Waals surface area contributed by atoms with E-state index in [1.54, 1.807) is 0 Å². The molecular weight excluding hydrogens is 168 g/mol. The highest BCUT2D eigenvalue weighted by atomic mass is 16.7. The van der Waals surface area contributed by atoms with Crippen LogP contribution in [0, 0.1) is 0 Å². The molecule has 0 aliphatic carbocycles. The van der Waals surface area contributed by atoms with E-state index < -0.39 is 0 Å². The van der Waals surface area contributed by atoms with E-state index in [1.807, 2.05) is 14.1 Å². The fourth-order valence-electron chi connectivity index (χ4n) is 1.31. The SMILES string of the molecule is CN(C)CCCN1OCCCC1=O. The number of carbonyl (C=O) groups excluding carboxylic acids is 1. The lowest BCUT2D eigenvalue weighted by Gasteiger charge is -2.26. The molecule has 1 aliphatic rings. The monoisotopic (exact) mass is 186 g/mol. The van der Waals surface area contributed by atoms with Crippen LogP contribution in [0.15, 0.2) is 0 Å². The molecule has 1 amide bonds. The minimum atomic E-state index is 0.130. The molecule has 0 spiro atoms. The molecule has 0 radical (unpaired) electrons. The quantitative estimate of drug-likeness (QED) is 0.640. The van der Waals surface area contributed by atoms with Gasteiger partial charge in [-0.25, -0.2) is 5.06 Å². The third kappa shape index (κ3) is 3.74. The zero-order valence-electron chi connectivity index (χ0n) is 8.45. The van der Waals surface area contributed by atoms with Crippen LogP contribution in [0.5, 0.6) is 0 Å². The van der Waals surface area contributed by atoms with Gasteiger partial charge < -0.3 is 4.90 Å². The summed E-state index contributed by atoms with van der Waals surface area (Å²) in [6.45, 7) is 2.40. The van der Waals surface area contributed by atoms with Gasteiger partial charge in [-0.05, 0) is 33.5 Å². The van der Waals surface area contributed by atoms with E-state index in [9.17, 15) is 4.79 Å². The summed E-state index contributed by atoms with van der Waals surface area (Å²) in [6, 6.07) is 0. The Hall–Kier alpha value is -0.610. The molecule has 13 heavy (non-hydrogen) atoms. The number of amides is 1. The Labute approximate surface area is 79.4 Å². The lowest BCUT2D eigenvalue weighted by Crippen LogP contribution is -2.37. The second-order valence-corrected chi connectivity index (χ2v) is 3.59. The number of hydrogen-bond donors (Lipinski definition) is 0. The summed E-state index contributed by atoms with van der Waals surface area (Å²) in [5.74, 6) is 0.130. The second kappa shape index (κ2) is 5.19. The van der Waals surface area contributed by atoms with Crippen LogP contribution in [0.4, 0.5) is 0 Å². The molecule has 1 saturated heterocycles. The van der Waals surface area contributed by atoms with E-state index in [-0.39, 0.29) is 5.91 Å². The fourth-order valence-corrected chi connectivity index (χ4v) is 1.31. The first-order valence-corrected chi connectivity index (χ1v) is 4.78. The average Bonchev–Trinajstić information content (AvgIpc) is 2.08. The van der Waals surface area contributed by atoms with Gasteiger partial charge in [0.1, 0.15) is 0 Å². The predicted molar refractivity (Wildman–Crippen MR) is 50.1 cm³/mol. The molecule has 1 fully saturated rings. The highest BCUT2D eigenvalue weighted by Gasteiger charge is 2.18. The molecule has 0 aromatic rings. The van der Waals surface area contributed by atoms with Crippen molar-refractivity contribution in [3.05, 3.63) is 0 Å². The maximum absolute atomic E-state index is 11.3. The molecule has 0 aromatic heterocycles. The van der Waals surface area contributed by atoms with Crippen LogP contribution in [-0.4, -0.2) is 49.7 Å². The van der Waals surface area contributed by atoms with Gasteiger partial charge >= 0.3 is 0 Å². The maximum Gasteiger partial charge on any atom is 0.246 e. The zero-order chi connectivity index (χ0) is 9.68. The molecule has 0 bridgehead atoms. The van der Waals surface area contributed by atoms with E-state index in [1.165, 1.54) is 5.06 Å².